The summed E-state index contributed by atoms with van der Waals surface area (Å²) in [5, 5.41) is 16.8. The summed E-state index contributed by atoms with van der Waals surface area (Å²) >= 11 is 4.46. The van der Waals surface area contributed by atoms with Crippen LogP contribution in [0.15, 0.2) is 24.3 Å². The number of nitrogens with one attached hydrogen (secondary N) is 2. The van der Waals surface area contributed by atoms with Crippen LogP contribution in [-0.4, -0.2) is 65.2 Å². The fourth-order valence-electron chi connectivity index (χ4n) is 3.73. The summed E-state index contributed by atoms with van der Waals surface area (Å²) in [7, 11) is 1.91. The standard InChI is InChI=1S/C18H24N4O5S/c1-21-9-13(28)8-15(21)17(23)16-14(6-7-19-16)20-18(24)27-10-11-2-4-12(5-3-11)22(25)26/h2-5,13-16,19,28H,6-10H2,1H3,(H,20,24)/t13-,14-,15-,16?/m0/s1. The van der Waals surface area contributed by atoms with Crippen molar-refractivity contribution >= 4 is 30.2 Å². The minimum atomic E-state index is -0.614. The van der Waals surface area contributed by atoms with E-state index < -0.39 is 17.1 Å². The van der Waals surface area contributed by atoms with Crippen LogP contribution in [0.1, 0.15) is 18.4 Å². The van der Waals surface area contributed by atoms with E-state index in [9.17, 15) is 19.7 Å². The van der Waals surface area contributed by atoms with Crippen molar-refractivity contribution in [2.24, 2.45) is 0 Å². The Morgan fingerprint density at radius 1 is 1.39 bits per heavy atom. The van der Waals surface area contributed by atoms with Crippen molar-refractivity contribution in [1.82, 2.24) is 15.5 Å². The van der Waals surface area contributed by atoms with E-state index in [-0.39, 0.29) is 35.4 Å². The van der Waals surface area contributed by atoms with Crippen LogP contribution < -0.4 is 10.6 Å². The van der Waals surface area contributed by atoms with Gasteiger partial charge in [0, 0.05) is 23.9 Å². The molecule has 2 aliphatic rings. The fourth-order valence-corrected chi connectivity index (χ4v) is 4.18. The summed E-state index contributed by atoms with van der Waals surface area (Å²) in [5.74, 6) is 0.0669. The van der Waals surface area contributed by atoms with Crippen LogP contribution in [0.25, 0.3) is 0 Å². The van der Waals surface area contributed by atoms with E-state index >= 15 is 0 Å². The molecular formula is C18H24N4O5S. The minimum Gasteiger partial charge on any atom is -0.445 e. The van der Waals surface area contributed by atoms with E-state index in [1.54, 1.807) is 12.1 Å². The molecule has 0 bridgehead atoms. The summed E-state index contributed by atoms with van der Waals surface area (Å²) in [6.45, 7) is 1.40. The van der Waals surface area contributed by atoms with Gasteiger partial charge in [-0.3, -0.25) is 19.8 Å². The van der Waals surface area contributed by atoms with Crippen LogP contribution in [0.4, 0.5) is 10.5 Å². The SMILES string of the molecule is CN1C[C@@H](S)C[C@H]1C(=O)C1NCC[C@@H]1NC(=O)OCc1ccc([N+](=O)[O-])cc1. The monoisotopic (exact) mass is 408 g/mol. The number of nitro benzene ring substituents is 1. The first-order chi connectivity index (χ1) is 13.3. The summed E-state index contributed by atoms with van der Waals surface area (Å²) in [6, 6.07) is 4.83. The van der Waals surface area contributed by atoms with E-state index in [0.717, 1.165) is 6.54 Å². The molecule has 1 aromatic carbocycles. The van der Waals surface area contributed by atoms with Gasteiger partial charge >= 0.3 is 6.09 Å². The number of Topliss-reactive ketones (excluding diaryl/α,β-unsaturated/α-hetero) is 1. The smallest absolute Gasteiger partial charge is 0.407 e. The number of benzene rings is 1. The van der Waals surface area contributed by atoms with E-state index in [4.69, 9.17) is 4.74 Å². The van der Waals surface area contributed by atoms with Gasteiger partial charge < -0.3 is 15.4 Å². The zero-order chi connectivity index (χ0) is 20.3. The number of amides is 1. The minimum absolute atomic E-state index is 0.00468. The van der Waals surface area contributed by atoms with Gasteiger partial charge in [0.2, 0.25) is 0 Å². The molecule has 0 radical (unpaired) electrons. The van der Waals surface area contributed by atoms with Gasteiger partial charge in [0.05, 0.1) is 23.0 Å². The maximum atomic E-state index is 12.9. The first-order valence-corrected chi connectivity index (χ1v) is 9.69. The highest BCUT2D eigenvalue weighted by Gasteiger charge is 2.41. The normalized spacial score (nSPS) is 27.5. The maximum absolute atomic E-state index is 12.9. The average Bonchev–Trinajstić information content (AvgIpc) is 3.25. The van der Waals surface area contributed by atoms with Gasteiger partial charge in [0.1, 0.15) is 6.61 Å². The number of likely N-dealkylation sites (N-methyl/N-ethyl adjacent to an activating group) is 1. The third kappa shape index (κ3) is 4.81. The molecule has 1 unspecified atom stereocenters. The fraction of sp³-hybridized carbons (Fsp3) is 0.556. The first kappa shape index (κ1) is 20.6. The number of hydrogen-bond donors (Lipinski definition) is 3. The lowest BCUT2D eigenvalue weighted by atomic mass is 9.98. The van der Waals surface area contributed by atoms with Crippen LogP contribution >= 0.6 is 12.6 Å². The Hall–Kier alpha value is -2.17. The Balaban J connectivity index is 1.51. The highest BCUT2D eigenvalue weighted by molar-refractivity contribution is 7.81. The molecular weight excluding hydrogens is 384 g/mol. The van der Waals surface area contributed by atoms with E-state index in [2.05, 4.69) is 23.3 Å². The molecule has 0 spiro atoms. The Morgan fingerprint density at radius 3 is 2.71 bits per heavy atom. The molecule has 1 amide bonds. The number of non-ortho nitro benzene ring substituents is 1. The maximum Gasteiger partial charge on any atom is 0.407 e. The molecule has 9 nitrogen and oxygen atoms in total. The highest BCUT2D eigenvalue weighted by atomic mass is 32.1. The average molecular weight is 408 g/mol. The van der Waals surface area contributed by atoms with Gasteiger partial charge in [-0.25, -0.2) is 4.79 Å². The number of rotatable bonds is 6. The van der Waals surface area contributed by atoms with Gasteiger partial charge in [-0.2, -0.15) is 12.6 Å². The van der Waals surface area contributed by atoms with Gasteiger partial charge in [-0.05, 0) is 44.1 Å². The van der Waals surface area contributed by atoms with Crippen LogP contribution in [0, 0.1) is 10.1 Å². The summed E-state index contributed by atoms with van der Waals surface area (Å²) in [5.41, 5.74) is 0.622. The number of nitrogens with zero attached hydrogens (tertiary/aromatic N) is 2. The van der Waals surface area contributed by atoms with Crippen molar-refractivity contribution < 1.29 is 19.2 Å². The van der Waals surface area contributed by atoms with Crippen molar-refractivity contribution in [3.8, 4) is 0 Å². The summed E-state index contributed by atoms with van der Waals surface area (Å²) in [6.07, 6.45) is 0.731. The van der Waals surface area contributed by atoms with Crippen LogP contribution in [0.3, 0.4) is 0 Å². The molecule has 3 rings (SSSR count). The summed E-state index contributed by atoms with van der Waals surface area (Å²) < 4.78 is 5.20. The molecule has 10 heteroatoms. The first-order valence-electron chi connectivity index (χ1n) is 9.17. The predicted molar refractivity (Wildman–Crippen MR) is 105 cm³/mol. The number of alkyl carbamates (subject to hydrolysis) is 1. The van der Waals surface area contributed by atoms with Gasteiger partial charge in [0.25, 0.3) is 5.69 Å². The number of hydrogen-bond acceptors (Lipinski definition) is 8. The molecule has 152 valence electrons. The zero-order valence-corrected chi connectivity index (χ0v) is 16.4. The Bertz CT molecular complexity index is 744. The molecule has 0 saturated carbocycles. The van der Waals surface area contributed by atoms with Crippen LogP contribution in [0.2, 0.25) is 0 Å². The molecule has 0 aliphatic carbocycles. The number of likely N-dealkylation sites (tertiary alicyclic amines) is 1. The number of nitro groups is 1. The Kier molecular flexibility index (Phi) is 6.53. The molecule has 0 aromatic heterocycles. The van der Waals surface area contributed by atoms with Gasteiger partial charge in [-0.1, -0.05) is 0 Å². The van der Waals surface area contributed by atoms with Crippen molar-refractivity contribution in [1.29, 1.82) is 0 Å². The number of ketones is 1. The zero-order valence-electron chi connectivity index (χ0n) is 15.5. The molecule has 2 aliphatic heterocycles. The molecule has 2 heterocycles. The number of thiol groups is 1. The van der Waals surface area contributed by atoms with Gasteiger partial charge in [0.15, 0.2) is 5.78 Å². The van der Waals surface area contributed by atoms with E-state index in [1.165, 1.54) is 12.1 Å². The number of carbonyl (C=O) groups is 2. The van der Waals surface area contributed by atoms with E-state index in [1.807, 2.05) is 11.9 Å². The largest absolute Gasteiger partial charge is 0.445 e. The molecule has 1 aromatic rings. The second kappa shape index (κ2) is 8.89. The lowest BCUT2D eigenvalue weighted by molar-refractivity contribution is -0.384. The van der Waals surface area contributed by atoms with Crippen molar-refractivity contribution in [2.45, 2.75) is 42.8 Å². The Labute approximate surface area is 168 Å². The molecule has 28 heavy (non-hydrogen) atoms. The third-order valence-corrected chi connectivity index (χ3v) is 5.58. The van der Waals surface area contributed by atoms with Crippen molar-refractivity contribution in [2.75, 3.05) is 20.1 Å². The Morgan fingerprint density at radius 2 is 2.11 bits per heavy atom. The molecule has 2 fully saturated rings. The van der Waals surface area contributed by atoms with Crippen LogP contribution in [-0.2, 0) is 16.1 Å². The molecule has 2 saturated heterocycles. The molecule has 4 atom stereocenters. The van der Waals surface area contributed by atoms with E-state index in [0.29, 0.717) is 24.9 Å². The van der Waals surface area contributed by atoms with Crippen molar-refractivity contribution in [3.63, 3.8) is 0 Å². The van der Waals surface area contributed by atoms with Crippen LogP contribution in [0.5, 0.6) is 0 Å². The van der Waals surface area contributed by atoms with Crippen molar-refractivity contribution in [3.05, 3.63) is 39.9 Å². The third-order valence-electron chi connectivity index (χ3n) is 5.20. The molecule has 2 N–H and O–H groups in total. The topological polar surface area (TPSA) is 114 Å². The number of ether oxygens (including phenoxy) is 1. The summed E-state index contributed by atoms with van der Waals surface area (Å²) in [4.78, 5) is 37.2. The number of carbonyl (C=O) groups excluding carboxylic acids is 2. The lowest BCUT2D eigenvalue weighted by Crippen LogP contribution is -2.53. The second-order valence-electron chi connectivity index (χ2n) is 7.22. The van der Waals surface area contributed by atoms with Gasteiger partial charge in [-0.15, -0.1) is 0 Å². The highest BCUT2D eigenvalue weighted by Crippen LogP contribution is 2.23. The lowest BCUT2D eigenvalue weighted by Gasteiger charge is -2.25. The predicted octanol–water partition coefficient (Wildman–Crippen LogP) is 1.12. The second-order valence-corrected chi connectivity index (χ2v) is 7.95. The quantitative estimate of drug-likeness (QED) is 0.367.